The molecule has 1 aliphatic rings. The Kier molecular flexibility index (Phi) is 3.06. The van der Waals surface area contributed by atoms with Crippen LogP contribution in [0.15, 0.2) is 12.4 Å². The zero-order chi connectivity index (χ0) is 12.4. The van der Waals surface area contributed by atoms with Crippen LogP contribution in [0.1, 0.15) is 19.8 Å². The van der Waals surface area contributed by atoms with Gasteiger partial charge in [0.2, 0.25) is 0 Å². The molecule has 2 aromatic rings. The van der Waals surface area contributed by atoms with Crippen LogP contribution in [0.5, 0.6) is 0 Å². The average molecular weight is 247 g/mol. The third-order valence-electron chi connectivity index (χ3n) is 3.23. The number of anilines is 1. The lowest BCUT2D eigenvalue weighted by molar-refractivity contribution is 0.327. The maximum absolute atomic E-state index is 4.13. The van der Waals surface area contributed by atoms with Gasteiger partial charge in [-0.3, -0.25) is 4.98 Å². The highest BCUT2D eigenvalue weighted by molar-refractivity contribution is 5.44. The quantitative estimate of drug-likeness (QED) is 0.844. The molecule has 1 N–H and O–H groups in total. The minimum absolute atomic E-state index is 0.347. The van der Waals surface area contributed by atoms with Crippen molar-refractivity contribution in [1.82, 2.24) is 29.9 Å². The maximum Gasteiger partial charge on any atom is 0.199 e. The van der Waals surface area contributed by atoms with Crippen LogP contribution < -0.4 is 5.32 Å². The Labute approximate surface area is 105 Å². The zero-order valence-corrected chi connectivity index (χ0v) is 10.5. The molecular weight excluding hydrogens is 230 g/mol. The van der Waals surface area contributed by atoms with Gasteiger partial charge in [-0.25, -0.2) is 0 Å². The number of tetrazole rings is 1. The van der Waals surface area contributed by atoms with Crippen LogP contribution in [0, 0.1) is 0 Å². The first-order chi connectivity index (χ1) is 8.83. The second-order valence-corrected chi connectivity index (χ2v) is 4.79. The first-order valence-corrected chi connectivity index (χ1v) is 6.34. The van der Waals surface area contributed by atoms with Crippen LogP contribution in [-0.4, -0.2) is 55.6 Å². The van der Waals surface area contributed by atoms with E-state index in [1.54, 1.807) is 16.9 Å². The van der Waals surface area contributed by atoms with Crippen molar-refractivity contribution in [2.45, 2.75) is 25.8 Å². The molecule has 0 amide bonds. The summed E-state index contributed by atoms with van der Waals surface area (Å²) in [4.78, 5) is 6.61. The van der Waals surface area contributed by atoms with Gasteiger partial charge < -0.3 is 10.2 Å². The molecule has 0 spiro atoms. The van der Waals surface area contributed by atoms with Gasteiger partial charge in [-0.05, 0) is 43.3 Å². The molecule has 3 rings (SSSR count). The van der Waals surface area contributed by atoms with Crippen LogP contribution in [0.25, 0.3) is 5.65 Å². The standard InChI is InChI=1S/C11H17N7/c1-9(8-17-4-2-3-5-17)13-10-6-12-7-11-14-15-16-18(10)11/h6-7,9,13H,2-5,8H2,1H3. The van der Waals surface area contributed by atoms with Gasteiger partial charge >= 0.3 is 0 Å². The van der Waals surface area contributed by atoms with Crippen LogP contribution in [0.4, 0.5) is 5.82 Å². The Bertz CT molecular complexity index is 517. The number of nitrogens with zero attached hydrogens (tertiary/aromatic N) is 6. The molecule has 0 saturated carbocycles. The van der Waals surface area contributed by atoms with Crippen molar-refractivity contribution in [2.75, 3.05) is 25.0 Å². The predicted octanol–water partition coefficient (Wildman–Crippen LogP) is 0.415. The van der Waals surface area contributed by atoms with Crippen molar-refractivity contribution in [3.05, 3.63) is 12.4 Å². The molecule has 7 nitrogen and oxygen atoms in total. The molecule has 1 unspecified atom stereocenters. The van der Waals surface area contributed by atoms with Gasteiger partial charge in [0.05, 0.1) is 12.4 Å². The second kappa shape index (κ2) is 4.85. The summed E-state index contributed by atoms with van der Waals surface area (Å²) in [6.07, 6.45) is 6.04. The lowest BCUT2D eigenvalue weighted by Crippen LogP contribution is -2.33. The molecule has 1 fully saturated rings. The van der Waals surface area contributed by atoms with Crippen LogP contribution in [0.3, 0.4) is 0 Å². The summed E-state index contributed by atoms with van der Waals surface area (Å²) in [5.41, 5.74) is 0.661. The first-order valence-electron chi connectivity index (χ1n) is 6.34. The molecule has 3 heterocycles. The third-order valence-corrected chi connectivity index (χ3v) is 3.23. The third kappa shape index (κ3) is 2.26. The SMILES string of the molecule is CC(CN1CCCC1)Nc1cncc2nnnn12. The molecule has 1 saturated heterocycles. The summed E-state index contributed by atoms with van der Waals surface area (Å²) < 4.78 is 1.67. The number of rotatable bonds is 4. The maximum atomic E-state index is 4.13. The van der Waals surface area contributed by atoms with E-state index >= 15 is 0 Å². The highest BCUT2D eigenvalue weighted by Gasteiger charge is 2.15. The molecule has 7 heteroatoms. The Morgan fingerprint density at radius 1 is 1.33 bits per heavy atom. The molecule has 96 valence electrons. The number of fused-ring (bicyclic) bond motifs is 1. The summed E-state index contributed by atoms with van der Waals surface area (Å²) >= 11 is 0. The van der Waals surface area contributed by atoms with Gasteiger partial charge in [-0.2, -0.15) is 4.52 Å². The Hall–Kier alpha value is -1.76. The van der Waals surface area contributed by atoms with Crippen molar-refractivity contribution in [1.29, 1.82) is 0 Å². The van der Waals surface area contributed by atoms with Crippen molar-refractivity contribution in [3.8, 4) is 0 Å². The molecule has 1 aliphatic heterocycles. The molecule has 0 aromatic carbocycles. The van der Waals surface area contributed by atoms with E-state index in [1.165, 1.54) is 25.9 Å². The van der Waals surface area contributed by atoms with Gasteiger partial charge in [0, 0.05) is 12.6 Å². The first kappa shape index (κ1) is 11.3. The minimum atomic E-state index is 0.347. The number of aromatic nitrogens is 5. The number of hydrogen-bond acceptors (Lipinski definition) is 6. The van der Waals surface area contributed by atoms with E-state index in [2.05, 4.69) is 37.6 Å². The molecule has 2 aromatic heterocycles. The van der Waals surface area contributed by atoms with Crippen molar-refractivity contribution < 1.29 is 0 Å². The Balaban J connectivity index is 1.69. The fourth-order valence-electron chi connectivity index (χ4n) is 2.42. The van der Waals surface area contributed by atoms with Gasteiger partial charge in [0.15, 0.2) is 11.5 Å². The highest BCUT2D eigenvalue weighted by Crippen LogP contribution is 2.11. The molecule has 18 heavy (non-hydrogen) atoms. The Morgan fingerprint density at radius 2 is 2.17 bits per heavy atom. The van der Waals surface area contributed by atoms with E-state index in [4.69, 9.17) is 0 Å². The lowest BCUT2D eigenvalue weighted by atomic mass is 10.3. The van der Waals surface area contributed by atoms with Crippen molar-refractivity contribution in [3.63, 3.8) is 0 Å². The topological polar surface area (TPSA) is 71.2 Å². The molecular formula is C11H17N7. The summed E-state index contributed by atoms with van der Waals surface area (Å²) in [5, 5.41) is 14.9. The summed E-state index contributed by atoms with van der Waals surface area (Å²) in [6, 6.07) is 0.347. The molecule has 0 radical (unpaired) electrons. The lowest BCUT2D eigenvalue weighted by Gasteiger charge is -2.21. The monoisotopic (exact) mass is 247 g/mol. The van der Waals surface area contributed by atoms with Crippen LogP contribution in [-0.2, 0) is 0 Å². The van der Waals surface area contributed by atoms with E-state index in [-0.39, 0.29) is 0 Å². The minimum Gasteiger partial charge on any atom is -0.365 e. The largest absolute Gasteiger partial charge is 0.365 e. The summed E-state index contributed by atoms with van der Waals surface area (Å²) in [5.74, 6) is 0.837. The highest BCUT2D eigenvalue weighted by atomic mass is 15.5. The molecule has 1 atom stereocenters. The Morgan fingerprint density at radius 3 is 3.00 bits per heavy atom. The predicted molar refractivity (Wildman–Crippen MR) is 67.3 cm³/mol. The van der Waals surface area contributed by atoms with E-state index in [1.807, 2.05) is 0 Å². The van der Waals surface area contributed by atoms with E-state index in [9.17, 15) is 0 Å². The summed E-state index contributed by atoms with van der Waals surface area (Å²) in [7, 11) is 0. The van der Waals surface area contributed by atoms with Crippen LogP contribution >= 0.6 is 0 Å². The van der Waals surface area contributed by atoms with Crippen molar-refractivity contribution >= 4 is 11.5 Å². The number of hydrogen-bond donors (Lipinski definition) is 1. The van der Waals surface area contributed by atoms with Crippen molar-refractivity contribution in [2.24, 2.45) is 0 Å². The fourth-order valence-corrected chi connectivity index (χ4v) is 2.42. The normalized spacial score (nSPS) is 18.3. The van der Waals surface area contributed by atoms with E-state index in [0.29, 0.717) is 11.7 Å². The number of likely N-dealkylation sites (tertiary alicyclic amines) is 1. The van der Waals surface area contributed by atoms with E-state index in [0.717, 1.165) is 12.4 Å². The molecule has 0 bridgehead atoms. The number of nitrogens with one attached hydrogen (secondary N) is 1. The van der Waals surface area contributed by atoms with Gasteiger partial charge in [-0.1, -0.05) is 0 Å². The van der Waals surface area contributed by atoms with Gasteiger partial charge in [-0.15, -0.1) is 5.10 Å². The average Bonchev–Trinajstić information content (AvgIpc) is 2.99. The second-order valence-electron chi connectivity index (χ2n) is 4.79. The van der Waals surface area contributed by atoms with Gasteiger partial charge in [0.25, 0.3) is 0 Å². The van der Waals surface area contributed by atoms with Crippen LogP contribution in [0.2, 0.25) is 0 Å². The van der Waals surface area contributed by atoms with E-state index < -0.39 is 0 Å². The fraction of sp³-hybridized carbons (Fsp3) is 0.636. The van der Waals surface area contributed by atoms with Gasteiger partial charge in [0.1, 0.15) is 0 Å². The molecule has 0 aliphatic carbocycles. The smallest absolute Gasteiger partial charge is 0.199 e. The zero-order valence-electron chi connectivity index (χ0n) is 10.5. The summed E-state index contributed by atoms with van der Waals surface area (Å²) in [6.45, 7) is 5.62.